The van der Waals surface area contributed by atoms with E-state index in [0.717, 1.165) is 13.0 Å². The predicted octanol–water partition coefficient (Wildman–Crippen LogP) is 0.819. The summed E-state index contributed by atoms with van der Waals surface area (Å²) in [5.74, 6) is 0. The van der Waals surface area contributed by atoms with Gasteiger partial charge in [-0.25, -0.2) is 4.39 Å². The highest BCUT2D eigenvalue weighted by Gasteiger charge is 2.51. The molecule has 2 aliphatic heterocycles. The third-order valence-electron chi connectivity index (χ3n) is 2.95. The number of rotatable bonds is 2. The molecule has 0 aliphatic carbocycles. The normalized spacial score (nSPS) is 43.6. The monoisotopic (exact) mass is 159 g/mol. The van der Waals surface area contributed by atoms with Crippen molar-refractivity contribution in [2.45, 2.75) is 24.6 Å². The number of hydrogen-bond acceptors (Lipinski definition) is 2. The zero-order valence-electron chi connectivity index (χ0n) is 6.85. The Morgan fingerprint density at radius 2 is 2.55 bits per heavy atom. The van der Waals surface area contributed by atoms with Crippen molar-refractivity contribution in [1.82, 2.24) is 4.90 Å². The molecule has 0 aromatic heterocycles. The van der Waals surface area contributed by atoms with E-state index in [1.54, 1.807) is 7.11 Å². The molecule has 0 aromatic carbocycles. The highest BCUT2D eigenvalue weighted by Crippen LogP contribution is 2.41. The first kappa shape index (κ1) is 7.50. The van der Waals surface area contributed by atoms with Gasteiger partial charge < -0.3 is 4.74 Å². The maximum Gasteiger partial charge on any atom is 0.115 e. The van der Waals surface area contributed by atoms with Gasteiger partial charge in [-0.3, -0.25) is 4.90 Å². The molecule has 0 radical (unpaired) electrons. The van der Waals surface area contributed by atoms with Gasteiger partial charge in [0.2, 0.25) is 0 Å². The molecular weight excluding hydrogens is 145 g/mol. The first-order valence-corrected chi connectivity index (χ1v) is 4.15. The molecule has 0 amide bonds. The zero-order chi connectivity index (χ0) is 7.90. The average molecular weight is 159 g/mol. The van der Waals surface area contributed by atoms with Gasteiger partial charge in [-0.15, -0.1) is 0 Å². The first-order chi connectivity index (χ1) is 5.27. The van der Waals surface area contributed by atoms with Crippen molar-refractivity contribution in [2.75, 3.05) is 26.8 Å². The quantitative estimate of drug-likeness (QED) is 0.591. The van der Waals surface area contributed by atoms with E-state index in [4.69, 9.17) is 4.74 Å². The molecule has 0 N–H and O–H groups in total. The van der Waals surface area contributed by atoms with Crippen LogP contribution in [-0.4, -0.2) is 43.4 Å². The Morgan fingerprint density at radius 1 is 1.73 bits per heavy atom. The van der Waals surface area contributed by atoms with E-state index in [2.05, 4.69) is 4.90 Å². The standard InChI is InChI=1S/C8H14FNO/c1-11-6-8-2-3-10(8)5-7(9)4-8/h7H,2-6H2,1H3/t7-,8+/m1/s1. The molecule has 11 heavy (non-hydrogen) atoms. The second kappa shape index (κ2) is 2.42. The molecule has 2 rings (SSSR count). The minimum atomic E-state index is -0.618. The van der Waals surface area contributed by atoms with E-state index >= 15 is 0 Å². The fraction of sp³-hybridized carbons (Fsp3) is 1.00. The minimum Gasteiger partial charge on any atom is -0.383 e. The van der Waals surface area contributed by atoms with E-state index in [1.807, 2.05) is 0 Å². The lowest BCUT2D eigenvalue weighted by Crippen LogP contribution is -2.58. The number of fused-ring (bicyclic) bond motifs is 1. The van der Waals surface area contributed by atoms with Crippen LogP contribution in [0.25, 0.3) is 0 Å². The maximum atomic E-state index is 12.9. The molecule has 2 atom stereocenters. The highest BCUT2D eigenvalue weighted by molar-refractivity contribution is 5.06. The van der Waals surface area contributed by atoms with Gasteiger partial charge in [-0.2, -0.15) is 0 Å². The third-order valence-corrected chi connectivity index (χ3v) is 2.95. The first-order valence-electron chi connectivity index (χ1n) is 4.15. The van der Waals surface area contributed by atoms with Crippen LogP contribution in [0.5, 0.6) is 0 Å². The van der Waals surface area contributed by atoms with Crippen molar-refractivity contribution >= 4 is 0 Å². The van der Waals surface area contributed by atoms with Crippen LogP contribution >= 0.6 is 0 Å². The van der Waals surface area contributed by atoms with Crippen molar-refractivity contribution in [1.29, 1.82) is 0 Å². The summed E-state index contributed by atoms with van der Waals surface area (Å²) >= 11 is 0. The van der Waals surface area contributed by atoms with Gasteiger partial charge in [-0.05, 0) is 6.42 Å². The molecule has 0 bridgehead atoms. The number of halogens is 1. The number of methoxy groups -OCH3 is 1. The fourth-order valence-electron chi connectivity index (χ4n) is 2.31. The van der Waals surface area contributed by atoms with Crippen LogP contribution in [0.2, 0.25) is 0 Å². The minimum absolute atomic E-state index is 0.0914. The molecule has 0 aromatic rings. The van der Waals surface area contributed by atoms with E-state index in [9.17, 15) is 4.39 Å². The molecular formula is C8H14FNO. The highest BCUT2D eigenvalue weighted by atomic mass is 19.1. The Balaban J connectivity index is 2.02. The Morgan fingerprint density at radius 3 is 3.00 bits per heavy atom. The summed E-state index contributed by atoms with van der Waals surface area (Å²) in [6.45, 7) is 2.39. The number of alkyl halides is 1. The molecule has 2 fully saturated rings. The van der Waals surface area contributed by atoms with Crippen LogP contribution in [0.15, 0.2) is 0 Å². The Labute approximate surface area is 66.3 Å². The molecule has 0 unspecified atom stereocenters. The lowest BCUT2D eigenvalue weighted by molar-refractivity contribution is -0.0340. The molecule has 2 saturated heterocycles. The van der Waals surface area contributed by atoms with Crippen LogP contribution in [0.4, 0.5) is 4.39 Å². The van der Waals surface area contributed by atoms with Crippen molar-refractivity contribution in [2.24, 2.45) is 0 Å². The SMILES string of the molecule is COC[C@@]12CCN1C[C@H](F)C2. The molecule has 2 aliphatic rings. The van der Waals surface area contributed by atoms with Crippen molar-refractivity contribution in [3.05, 3.63) is 0 Å². The summed E-state index contributed by atoms with van der Waals surface area (Å²) in [7, 11) is 1.69. The summed E-state index contributed by atoms with van der Waals surface area (Å²) < 4.78 is 18.0. The zero-order valence-corrected chi connectivity index (χ0v) is 6.85. The second-order valence-electron chi connectivity index (χ2n) is 3.65. The van der Waals surface area contributed by atoms with E-state index < -0.39 is 6.17 Å². The van der Waals surface area contributed by atoms with E-state index in [0.29, 0.717) is 19.6 Å². The number of ether oxygens (including phenoxy) is 1. The summed E-state index contributed by atoms with van der Waals surface area (Å²) in [5.41, 5.74) is 0.0914. The second-order valence-corrected chi connectivity index (χ2v) is 3.65. The molecule has 0 saturated carbocycles. The van der Waals surface area contributed by atoms with Crippen LogP contribution in [0.3, 0.4) is 0 Å². The van der Waals surface area contributed by atoms with Gasteiger partial charge in [0.05, 0.1) is 6.61 Å². The molecule has 2 nitrogen and oxygen atoms in total. The van der Waals surface area contributed by atoms with Gasteiger partial charge in [0.25, 0.3) is 0 Å². The molecule has 0 spiro atoms. The summed E-state index contributed by atoms with van der Waals surface area (Å²) in [6.07, 6.45) is 1.18. The Bertz CT molecular complexity index is 164. The topological polar surface area (TPSA) is 12.5 Å². The van der Waals surface area contributed by atoms with Gasteiger partial charge in [0.15, 0.2) is 0 Å². The van der Waals surface area contributed by atoms with E-state index in [-0.39, 0.29) is 5.54 Å². The van der Waals surface area contributed by atoms with Gasteiger partial charge in [0.1, 0.15) is 6.17 Å². The van der Waals surface area contributed by atoms with Crippen molar-refractivity contribution in [3.8, 4) is 0 Å². The fourth-order valence-corrected chi connectivity index (χ4v) is 2.31. The number of hydrogen-bond donors (Lipinski definition) is 0. The van der Waals surface area contributed by atoms with Crippen LogP contribution in [-0.2, 0) is 4.74 Å². The smallest absolute Gasteiger partial charge is 0.115 e. The van der Waals surface area contributed by atoms with Crippen LogP contribution in [0, 0.1) is 0 Å². The van der Waals surface area contributed by atoms with Gasteiger partial charge in [0, 0.05) is 32.2 Å². The Kier molecular flexibility index (Phi) is 1.65. The van der Waals surface area contributed by atoms with Gasteiger partial charge in [-0.1, -0.05) is 0 Å². The largest absolute Gasteiger partial charge is 0.383 e. The summed E-state index contributed by atoms with van der Waals surface area (Å²) in [6, 6.07) is 0. The van der Waals surface area contributed by atoms with Crippen LogP contribution in [0.1, 0.15) is 12.8 Å². The van der Waals surface area contributed by atoms with E-state index in [1.165, 1.54) is 0 Å². The van der Waals surface area contributed by atoms with Crippen molar-refractivity contribution < 1.29 is 9.13 Å². The van der Waals surface area contributed by atoms with Gasteiger partial charge >= 0.3 is 0 Å². The lowest BCUT2D eigenvalue weighted by Gasteiger charge is -2.47. The van der Waals surface area contributed by atoms with Crippen LogP contribution < -0.4 is 0 Å². The maximum absolute atomic E-state index is 12.9. The molecule has 3 heteroatoms. The summed E-state index contributed by atoms with van der Waals surface area (Å²) in [4.78, 5) is 2.21. The number of nitrogens with zero attached hydrogens (tertiary/aromatic N) is 1. The Hall–Kier alpha value is -0.150. The third kappa shape index (κ3) is 0.983. The predicted molar refractivity (Wildman–Crippen MR) is 40.3 cm³/mol. The lowest BCUT2D eigenvalue weighted by atomic mass is 9.86. The van der Waals surface area contributed by atoms with Crippen molar-refractivity contribution in [3.63, 3.8) is 0 Å². The summed E-state index contributed by atoms with van der Waals surface area (Å²) in [5, 5.41) is 0. The molecule has 64 valence electrons. The molecule has 2 heterocycles. The average Bonchev–Trinajstić information content (AvgIpc) is 2.15.